The predicted octanol–water partition coefficient (Wildman–Crippen LogP) is 2.82. The second-order valence-electron chi connectivity index (χ2n) is 5.24. The first-order valence-corrected chi connectivity index (χ1v) is 8.75. The van der Waals surface area contributed by atoms with Crippen LogP contribution in [0.4, 0.5) is 0 Å². The highest BCUT2D eigenvalue weighted by Gasteiger charge is 2.24. The lowest BCUT2D eigenvalue weighted by atomic mass is 9.79. The zero-order chi connectivity index (χ0) is 13.8. The lowest BCUT2D eigenvalue weighted by Gasteiger charge is -2.30. The van der Waals surface area contributed by atoms with Gasteiger partial charge in [0.2, 0.25) is 5.88 Å². The summed E-state index contributed by atoms with van der Waals surface area (Å²) in [6, 6.07) is 0. The first-order chi connectivity index (χ1) is 9.81. The molecule has 0 spiro atoms. The number of aromatic nitrogens is 2. The minimum Gasteiger partial charge on any atom is -0.366 e. The largest absolute Gasteiger partial charge is 0.366 e. The lowest BCUT2D eigenvalue weighted by molar-refractivity contribution is 0.224. The molecule has 0 atom stereocenters. The Labute approximate surface area is 128 Å². The zero-order valence-corrected chi connectivity index (χ0v) is 13.3. The van der Waals surface area contributed by atoms with Crippen LogP contribution in [-0.4, -0.2) is 19.6 Å². The fourth-order valence-corrected chi connectivity index (χ4v) is 4.48. The van der Waals surface area contributed by atoms with Gasteiger partial charge in [-0.3, -0.25) is 0 Å². The van der Waals surface area contributed by atoms with Crippen LogP contribution >= 0.6 is 21.3 Å². The Morgan fingerprint density at radius 3 is 2.70 bits per heavy atom. The van der Waals surface area contributed by atoms with Crippen LogP contribution in [0.3, 0.4) is 0 Å². The minimum absolute atomic E-state index is 0.402. The van der Waals surface area contributed by atoms with Gasteiger partial charge in [0.25, 0.3) is 0 Å². The van der Waals surface area contributed by atoms with Crippen molar-refractivity contribution in [3.05, 3.63) is 36.4 Å². The third-order valence-corrected chi connectivity index (χ3v) is 5.47. The molecule has 7 heteroatoms. The Kier molecular flexibility index (Phi) is 4.44. The number of hydrogen-bond acceptors (Lipinski definition) is 6. The number of halogens is 1. The number of rotatable bonds is 3. The summed E-state index contributed by atoms with van der Waals surface area (Å²) in [5, 5.41) is 0. The molecule has 1 saturated carbocycles. The van der Waals surface area contributed by atoms with Crippen molar-refractivity contribution in [2.45, 2.75) is 31.6 Å². The average Bonchev–Trinajstić information content (AvgIpc) is 2.49. The molecule has 2 N–H and O–H groups in total. The SMILES string of the molecule is NC1=CN(CC2CCC(c3cncnc3)CC2)I=NO1. The van der Waals surface area contributed by atoms with E-state index in [0.717, 1.165) is 12.5 Å². The van der Waals surface area contributed by atoms with Crippen LogP contribution in [-0.2, 0) is 4.84 Å². The van der Waals surface area contributed by atoms with Crippen LogP contribution in [0.25, 0.3) is 0 Å². The standard InChI is InChI=1S/C13H18IN5O/c15-13-8-19(14-18-20-13)7-10-1-3-11(4-2-10)12-5-16-9-17-6-12/h5-6,8-11H,1-4,7,15H2. The van der Waals surface area contributed by atoms with Gasteiger partial charge < -0.3 is 13.7 Å². The summed E-state index contributed by atoms with van der Waals surface area (Å²) in [4.78, 5) is 13.2. The molecule has 1 aromatic heterocycles. The van der Waals surface area contributed by atoms with E-state index in [4.69, 9.17) is 10.6 Å². The molecule has 0 unspecified atom stereocenters. The minimum atomic E-state index is -0.402. The van der Waals surface area contributed by atoms with E-state index in [1.807, 2.05) is 18.6 Å². The van der Waals surface area contributed by atoms with Crippen molar-refractivity contribution in [3.8, 4) is 0 Å². The molecule has 6 nitrogen and oxygen atoms in total. The quantitative estimate of drug-likeness (QED) is 0.638. The average molecular weight is 387 g/mol. The number of hydrogen-bond donors (Lipinski definition) is 1. The monoisotopic (exact) mass is 387 g/mol. The third-order valence-electron chi connectivity index (χ3n) is 3.87. The Morgan fingerprint density at radius 1 is 1.25 bits per heavy atom. The van der Waals surface area contributed by atoms with Crippen molar-refractivity contribution in [1.82, 2.24) is 13.1 Å². The Balaban J connectivity index is 1.51. The van der Waals surface area contributed by atoms with Crippen molar-refractivity contribution in [2.24, 2.45) is 15.0 Å². The van der Waals surface area contributed by atoms with Gasteiger partial charge in [-0.05, 0) is 46.4 Å². The molecule has 1 fully saturated rings. The van der Waals surface area contributed by atoms with E-state index < -0.39 is 21.3 Å². The molecule has 0 bridgehead atoms. The first kappa shape index (κ1) is 13.7. The van der Waals surface area contributed by atoms with Gasteiger partial charge in [-0.1, -0.05) is 0 Å². The molecule has 1 aliphatic carbocycles. The Morgan fingerprint density at radius 2 is 2.00 bits per heavy atom. The van der Waals surface area contributed by atoms with Gasteiger partial charge in [0.1, 0.15) is 6.33 Å². The van der Waals surface area contributed by atoms with Crippen molar-refractivity contribution < 1.29 is 4.84 Å². The summed E-state index contributed by atoms with van der Waals surface area (Å²) in [7, 11) is 0. The maximum Gasteiger partial charge on any atom is 0.237 e. The maximum atomic E-state index is 5.64. The van der Waals surface area contributed by atoms with Crippen LogP contribution in [0.5, 0.6) is 0 Å². The van der Waals surface area contributed by atoms with Gasteiger partial charge >= 0.3 is 0 Å². The van der Waals surface area contributed by atoms with Gasteiger partial charge in [0.15, 0.2) is 21.3 Å². The molecule has 0 aromatic carbocycles. The van der Waals surface area contributed by atoms with Crippen molar-refractivity contribution in [3.63, 3.8) is 0 Å². The van der Waals surface area contributed by atoms with Gasteiger partial charge in [-0.2, -0.15) is 0 Å². The van der Waals surface area contributed by atoms with Crippen LogP contribution in [0.1, 0.15) is 37.2 Å². The second-order valence-corrected chi connectivity index (χ2v) is 7.30. The van der Waals surface area contributed by atoms with Crippen molar-refractivity contribution in [1.29, 1.82) is 0 Å². The van der Waals surface area contributed by atoms with Crippen LogP contribution in [0.2, 0.25) is 0 Å². The summed E-state index contributed by atoms with van der Waals surface area (Å²) < 4.78 is 6.24. The third kappa shape index (κ3) is 3.44. The molecule has 2 aliphatic rings. The number of nitrogens with zero attached hydrogens (tertiary/aromatic N) is 4. The molecular formula is C13H18IN5O. The predicted molar refractivity (Wildman–Crippen MR) is 83.2 cm³/mol. The summed E-state index contributed by atoms with van der Waals surface area (Å²) in [6.07, 6.45) is 12.3. The molecule has 0 radical (unpaired) electrons. The highest BCUT2D eigenvalue weighted by Crippen LogP contribution is 2.36. The van der Waals surface area contributed by atoms with Gasteiger partial charge in [-0.25, -0.2) is 9.97 Å². The van der Waals surface area contributed by atoms with Crippen LogP contribution in [0.15, 0.2) is 34.1 Å². The van der Waals surface area contributed by atoms with Crippen LogP contribution in [0, 0.1) is 5.92 Å². The molecule has 1 aromatic rings. The van der Waals surface area contributed by atoms with Crippen molar-refractivity contribution in [2.75, 3.05) is 6.54 Å². The normalized spacial score (nSPS) is 26.4. The zero-order valence-electron chi connectivity index (χ0n) is 11.2. The summed E-state index contributed by atoms with van der Waals surface area (Å²) in [5.41, 5.74) is 6.92. The summed E-state index contributed by atoms with van der Waals surface area (Å²) >= 11 is -0.402. The molecule has 0 amide bonds. The van der Waals surface area contributed by atoms with E-state index in [2.05, 4.69) is 16.4 Å². The van der Waals surface area contributed by atoms with Crippen LogP contribution < -0.4 is 5.73 Å². The summed E-state index contributed by atoms with van der Waals surface area (Å²) in [6.45, 7) is 1.05. The molecule has 0 saturated heterocycles. The molecular weight excluding hydrogens is 369 g/mol. The van der Waals surface area contributed by atoms with E-state index in [1.54, 1.807) is 6.33 Å². The molecule has 20 heavy (non-hydrogen) atoms. The first-order valence-electron chi connectivity index (χ1n) is 6.82. The van der Waals surface area contributed by atoms with E-state index in [1.165, 1.54) is 31.2 Å². The maximum absolute atomic E-state index is 5.64. The van der Waals surface area contributed by atoms with Gasteiger partial charge in [0, 0.05) is 18.9 Å². The highest BCUT2D eigenvalue weighted by molar-refractivity contribution is 14.1. The fraction of sp³-hybridized carbons (Fsp3) is 0.538. The molecule has 2 heterocycles. The lowest BCUT2D eigenvalue weighted by Crippen LogP contribution is -2.24. The van der Waals surface area contributed by atoms with Gasteiger partial charge in [-0.15, -0.1) is 0 Å². The Hall–Kier alpha value is -1.25. The molecule has 108 valence electrons. The molecule has 1 aliphatic heterocycles. The molecule has 3 rings (SSSR count). The van der Waals surface area contributed by atoms with Crippen molar-refractivity contribution >= 4 is 21.3 Å². The van der Waals surface area contributed by atoms with E-state index in [0.29, 0.717) is 11.8 Å². The fourth-order valence-electron chi connectivity index (χ4n) is 2.81. The smallest absolute Gasteiger partial charge is 0.237 e. The highest BCUT2D eigenvalue weighted by atomic mass is 127. The van der Waals surface area contributed by atoms with Gasteiger partial charge in [0.05, 0.1) is 6.20 Å². The van der Waals surface area contributed by atoms with E-state index in [9.17, 15) is 0 Å². The topological polar surface area (TPSA) is 76.6 Å². The van der Waals surface area contributed by atoms with E-state index >= 15 is 0 Å². The number of nitrogens with two attached hydrogens (primary N) is 1. The Bertz CT molecular complexity index is 499. The van der Waals surface area contributed by atoms with E-state index in [-0.39, 0.29) is 0 Å². The summed E-state index contributed by atoms with van der Waals surface area (Å²) in [5.74, 6) is 1.76. The second kappa shape index (κ2) is 6.47.